The molecule has 0 heterocycles. The van der Waals surface area contributed by atoms with Gasteiger partial charge in [0.2, 0.25) is 0 Å². The van der Waals surface area contributed by atoms with Crippen LogP contribution >= 0.6 is 0 Å². The summed E-state index contributed by atoms with van der Waals surface area (Å²) in [6, 6.07) is 0. The minimum absolute atomic E-state index is 0.641. The van der Waals surface area contributed by atoms with Crippen molar-refractivity contribution in [2.75, 3.05) is 0 Å². The van der Waals surface area contributed by atoms with Gasteiger partial charge in [-0.2, -0.15) is 0 Å². The summed E-state index contributed by atoms with van der Waals surface area (Å²) in [5.74, 6) is 1.96. The van der Waals surface area contributed by atoms with Crippen molar-refractivity contribution in [2.24, 2.45) is 17.3 Å². The van der Waals surface area contributed by atoms with Gasteiger partial charge < -0.3 is 0 Å². The zero-order valence-corrected chi connectivity index (χ0v) is 9.90. The Kier molecular flexibility index (Phi) is 3.82. The summed E-state index contributed by atoms with van der Waals surface area (Å²) in [7, 11) is 0. The summed E-state index contributed by atoms with van der Waals surface area (Å²) >= 11 is 0. The van der Waals surface area contributed by atoms with E-state index < -0.39 is 0 Å². The Morgan fingerprint density at radius 2 is 2.08 bits per heavy atom. The van der Waals surface area contributed by atoms with Crippen molar-refractivity contribution in [1.82, 2.24) is 0 Å². The van der Waals surface area contributed by atoms with E-state index in [-0.39, 0.29) is 0 Å². The Hall–Kier alpha value is 0. The first-order valence-corrected chi connectivity index (χ1v) is 6.06. The lowest BCUT2D eigenvalue weighted by molar-refractivity contribution is 0.214. The molecular formula is C13H26. The van der Waals surface area contributed by atoms with Gasteiger partial charge in [0, 0.05) is 0 Å². The minimum atomic E-state index is 0.641. The first-order valence-electron chi connectivity index (χ1n) is 6.06. The molecule has 0 aromatic carbocycles. The van der Waals surface area contributed by atoms with Crippen molar-refractivity contribution >= 4 is 0 Å². The van der Waals surface area contributed by atoms with Crippen LogP contribution in [-0.2, 0) is 0 Å². The average molecular weight is 182 g/mol. The van der Waals surface area contributed by atoms with Gasteiger partial charge in [0.05, 0.1) is 0 Å². The second-order valence-electron chi connectivity index (χ2n) is 5.71. The summed E-state index contributed by atoms with van der Waals surface area (Å²) in [6.07, 6.45) is 8.66. The predicted molar refractivity (Wildman–Crippen MR) is 59.8 cm³/mol. The molecule has 1 rings (SSSR count). The van der Waals surface area contributed by atoms with E-state index in [1.807, 2.05) is 0 Å². The fourth-order valence-corrected chi connectivity index (χ4v) is 2.93. The van der Waals surface area contributed by atoms with Crippen LogP contribution in [0.1, 0.15) is 66.2 Å². The lowest BCUT2D eigenvalue weighted by atomic mass is 9.77. The lowest BCUT2D eigenvalue weighted by Gasteiger charge is -2.29. The zero-order valence-electron chi connectivity index (χ0n) is 9.90. The van der Waals surface area contributed by atoms with Crippen LogP contribution in [-0.4, -0.2) is 0 Å². The number of rotatable bonds is 4. The molecule has 13 heavy (non-hydrogen) atoms. The van der Waals surface area contributed by atoms with Gasteiger partial charge in [0.1, 0.15) is 0 Å². The molecular weight excluding hydrogens is 156 g/mol. The van der Waals surface area contributed by atoms with E-state index in [2.05, 4.69) is 27.7 Å². The molecule has 0 spiro atoms. The van der Waals surface area contributed by atoms with Gasteiger partial charge >= 0.3 is 0 Å². The first kappa shape index (κ1) is 11.1. The molecule has 0 heteroatoms. The molecule has 0 saturated heterocycles. The van der Waals surface area contributed by atoms with Crippen molar-refractivity contribution in [3.05, 3.63) is 0 Å². The summed E-state index contributed by atoms with van der Waals surface area (Å²) in [4.78, 5) is 0. The zero-order chi connectivity index (χ0) is 9.90. The maximum absolute atomic E-state index is 2.46. The van der Waals surface area contributed by atoms with Crippen LogP contribution in [0.2, 0.25) is 0 Å². The molecule has 0 radical (unpaired) electrons. The van der Waals surface area contributed by atoms with Gasteiger partial charge in [-0.3, -0.25) is 0 Å². The highest BCUT2D eigenvalue weighted by atomic mass is 14.4. The van der Waals surface area contributed by atoms with Gasteiger partial charge in [-0.1, -0.05) is 47.0 Å². The molecule has 1 fully saturated rings. The topological polar surface area (TPSA) is 0 Å². The summed E-state index contributed by atoms with van der Waals surface area (Å²) in [5, 5.41) is 0. The second kappa shape index (κ2) is 4.48. The first-order chi connectivity index (χ1) is 6.06. The summed E-state index contributed by atoms with van der Waals surface area (Å²) in [5.41, 5.74) is 0.641. The Bertz CT molecular complexity index is 146. The van der Waals surface area contributed by atoms with E-state index in [4.69, 9.17) is 0 Å². The SMILES string of the molecule is CCCC(C)CC1CCCC1(C)C. The molecule has 2 unspecified atom stereocenters. The van der Waals surface area contributed by atoms with E-state index in [0.717, 1.165) is 11.8 Å². The Morgan fingerprint density at radius 3 is 2.54 bits per heavy atom. The number of hydrogen-bond acceptors (Lipinski definition) is 0. The molecule has 0 aliphatic heterocycles. The highest BCUT2D eigenvalue weighted by Crippen LogP contribution is 2.45. The largest absolute Gasteiger partial charge is 0.0654 e. The normalized spacial score (nSPS) is 29.1. The molecule has 2 atom stereocenters. The number of hydrogen-bond donors (Lipinski definition) is 0. The fraction of sp³-hybridized carbons (Fsp3) is 1.00. The molecule has 1 aliphatic carbocycles. The van der Waals surface area contributed by atoms with E-state index in [1.165, 1.54) is 38.5 Å². The van der Waals surface area contributed by atoms with E-state index >= 15 is 0 Å². The third-order valence-electron chi connectivity index (χ3n) is 3.95. The maximum atomic E-state index is 2.46. The molecule has 78 valence electrons. The molecule has 1 saturated carbocycles. The molecule has 0 amide bonds. The van der Waals surface area contributed by atoms with Crippen LogP contribution in [0.25, 0.3) is 0 Å². The van der Waals surface area contributed by atoms with Crippen LogP contribution in [0.5, 0.6) is 0 Å². The third kappa shape index (κ3) is 3.00. The van der Waals surface area contributed by atoms with Crippen LogP contribution in [0.3, 0.4) is 0 Å². The molecule has 0 aromatic heterocycles. The van der Waals surface area contributed by atoms with Crippen molar-refractivity contribution < 1.29 is 0 Å². The van der Waals surface area contributed by atoms with Crippen molar-refractivity contribution in [3.8, 4) is 0 Å². The van der Waals surface area contributed by atoms with Gasteiger partial charge in [-0.15, -0.1) is 0 Å². The monoisotopic (exact) mass is 182 g/mol. The average Bonchev–Trinajstić information content (AvgIpc) is 2.31. The summed E-state index contributed by atoms with van der Waals surface area (Å²) < 4.78 is 0. The molecule has 0 N–H and O–H groups in total. The lowest BCUT2D eigenvalue weighted by Crippen LogP contribution is -2.19. The standard InChI is InChI=1S/C13H26/c1-5-7-11(2)10-12-8-6-9-13(12,3)4/h11-12H,5-10H2,1-4H3. The van der Waals surface area contributed by atoms with Gasteiger partial charge in [-0.25, -0.2) is 0 Å². The van der Waals surface area contributed by atoms with Crippen molar-refractivity contribution in [2.45, 2.75) is 66.2 Å². The Balaban J connectivity index is 2.35. The van der Waals surface area contributed by atoms with Crippen LogP contribution < -0.4 is 0 Å². The maximum Gasteiger partial charge on any atom is -0.0326 e. The van der Waals surface area contributed by atoms with Gasteiger partial charge in [0.25, 0.3) is 0 Å². The Morgan fingerprint density at radius 1 is 1.38 bits per heavy atom. The van der Waals surface area contributed by atoms with Crippen LogP contribution in [0.15, 0.2) is 0 Å². The smallest absolute Gasteiger partial charge is 0.0326 e. The van der Waals surface area contributed by atoms with Crippen molar-refractivity contribution in [1.29, 1.82) is 0 Å². The molecule has 1 aliphatic rings. The molecule has 0 aromatic rings. The molecule has 0 nitrogen and oxygen atoms in total. The highest BCUT2D eigenvalue weighted by molar-refractivity contribution is 4.85. The fourth-order valence-electron chi connectivity index (χ4n) is 2.93. The van der Waals surface area contributed by atoms with Crippen LogP contribution in [0, 0.1) is 17.3 Å². The third-order valence-corrected chi connectivity index (χ3v) is 3.95. The minimum Gasteiger partial charge on any atom is -0.0654 e. The Labute approximate surface area is 84.1 Å². The van der Waals surface area contributed by atoms with E-state index in [0.29, 0.717) is 5.41 Å². The van der Waals surface area contributed by atoms with Gasteiger partial charge in [-0.05, 0) is 36.5 Å². The summed E-state index contributed by atoms with van der Waals surface area (Å²) in [6.45, 7) is 9.65. The van der Waals surface area contributed by atoms with Crippen molar-refractivity contribution in [3.63, 3.8) is 0 Å². The highest BCUT2D eigenvalue weighted by Gasteiger charge is 2.34. The second-order valence-corrected chi connectivity index (χ2v) is 5.71. The van der Waals surface area contributed by atoms with E-state index in [9.17, 15) is 0 Å². The quantitative estimate of drug-likeness (QED) is 0.594. The molecule has 0 bridgehead atoms. The van der Waals surface area contributed by atoms with Crippen LogP contribution in [0.4, 0.5) is 0 Å². The van der Waals surface area contributed by atoms with E-state index in [1.54, 1.807) is 0 Å². The van der Waals surface area contributed by atoms with Gasteiger partial charge in [0.15, 0.2) is 0 Å². The predicted octanol–water partition coefficient (Wildman–Crippen LogP) is 4.64.